The second-order valence-electron chi connectivity index (χ2n) is 5.34. The topological polar surface area (TPSA) is 92.9 Å². The van der Waals surface area contributed by atoms with E-state index in [1.165, 1.54) is 18.1 Å². The number of carboxylic acid groups (broad SMARTS) is 1. The lowest BCUT2D eigenvalue weighted by molar-refractivity contribution is -0.141. The largest absolute Gasteiger partial charge is 0.481 e. The Labute approximate surface area is 132 Å². The summed E-state index contributed by atoms with van der Waals surface area (Å²) in [5, 5.41) is 9.45. The van der Waals surface area contributed by atoms with Crippen molar-refractivity contribution in [3.63, 3.8) is 0 Å². The molecule has 2 aromatic rings. The molecule has 1 aliphatic rings. The Hall–Kier alpha value is -2.83. The fraction of sp³-hybridized carbons (Fsp3) is 0.312. The van der Waals surface area contributed by atoms with Gasteiger partial charge in [0.05, 0.1) is 13.0 Å². The number of carbonyl (C=O) groups excluding carboxylic acids is 1. The van der Waals surface area contributed by atoms with E-state index in [4.69, 9.17) is 9.15 Å². The SMILES string of the molecule is COc1ccc(C(=O)N2C[C@@H](C(=O)O)[C@H](c3ccccn3)C2)o1. The summed E-state index contributed by atoms with van der Waals surface area (Å²) in [6.45, 7) is 0.411. The number of pyridine rings is 1. The molecule has 1 N–H and O–H groups in total. The standard InChI is InChI=1S/C16H16N2O5/c1-22-14-6-5-13(23-14)15(19)18-8-10(11(9-18)16(20)21)12-4-2-3-7-17-12/h2-7,10-11H,8-9H2,1H3,(H,20,21)/t10-,11-/m1/s1. The molecule has 0 unspecified atom stereocenters. The van der Waals surface area contributed by atoms with Crippen LogP contribution in [0.25, 0.3) is 0 Å². The number of hydrogen-bond acceptors (Lipinski definition) is 5. The molecule has 3 rings (SSSR count). The molecule has 2 atom stereocenters. The third kappa shape index (κ3) is 2.90. The highest BCUT2D eigenvalue weighted by atomic mass is 16.6. The number of amides is 1. The number of hydrogen-bond donors (Lipinski definition) is 1. The summed E-state index contributed by atoms with van der Waals surface area (Å²) in [5.74, 6) is -1.94. The number of carbonyl (C=O) groups is 2. The van der Waals surface area contributed by atoms with Crippen LogP contribution in [0, 0.1) is 5.92 Å². The molecular weight excluding hydrogens is 300 g/mol. The molecule has 2 aromatic heterocycles. The zero-order valence-corrected chi connectivity index (χ0v) is 12.5. The predicted molar refractivity (Wildman–Crippen MR) is 79.3 cm³/mol. The summed E-state index contributed by atoms with van der Waals surface area (Å²) in [5.41, 5.74) is 0.673. The monoisotopic (exact) mass is 316 g/mol. The normalized spacial score (nSPS) is 20.5. The lowest BCUT2D eigenvalue weighted by Crippen LogP contribution is -2.29. The van der Waals surface area contributed by atoms with Crippen molar-refractivity contribution >= 4 is 11.9 Å². The van der Waals surface area contributed by atoms with E-state index < -0.39 is 11.9 Å². The molecule has 7 heteroatoms. The second kappa shape index (κ2) is 6.12. The van der Waals surface area contributed by atoms with Gasteiger partial charge in [-0.3, -0.25) is 14.6 Å². The molecule has 0 aromatic carbocycles. The van der Waals surface area contributed by atoms with E-state index in [-0.39, 0.29) is 36.6 Å². The maximum Gasteiger partial charge on any atom is 0.309 e. The summed E-state index contributed by atoms with van der Waals surface area (Å²) in [7, 11) is 1.44. The van der Waals surface area contributed by atoms with Gasteiger partial charge in [-0.2, -0.15) is 0 Å². The van der Waals surface area contributed by atoms with Crippen LogP contribution in [0.1, 0.15) is 22.2 Å². The van der Waals surface area contributed by atoms with Crippen LogP contribution in [0.5, 0.6) is 5.95 Å². The van der Waals surface area contributed by atoms with Gasteiger partial charge in [-0.25, -0.2) is 0 Å². The van der Waals surface area contributed by atoms with Crippen molar-refractivity contribution in [1.29, 1.82) is 0 Å². The van der Waals surface area contributed by atoms with Crippen molar-refractivity contribution in [3.05, 3.63) is 48.0 Å². The molecule has 0 spiro atoms. The number of ether oxygens (including phenoxy) is 1. The molecule has 1 saturated heterocycles. The number of rotatable bonds is 4. The molecule has 0 radical (unpaired) electrons. The number of methoxy groups -OCH3 is 1. The molecule has 1 aliphatic heterocycles. The lowest BCUT2D eigenvalue weighted by Gasteiger charge is -2.14. The number of nitrogens with zero attached hydrogens (tertiary/aromatic N) is 2. The third-order valence-corrected chi connectivity index (χ3v) is 3.99. The van der Waals surface area contributed by atoms with Gasteiger partial charge in [0, 0.05) is 37.0 Å². The smallest absolute Gasteiger partial charge is 0.309 e. The van der Waals surface area contributed by atoms with Crippen LogP contribution in [0.4, 0.5) is 0 Å². The predicted octanol–water partition coefficient (Wildman–Crippen LogP) is 1.62. The highest BCUT2D eigenvalue weighted by molar-refractivity contribution is 5.92. The summed E-state index contributed by atoms with van der Waals surface area (Å²) in [4.78, 5) is 29.7. The zero-order valence-electron chi connectivity index (χ0n) is 12.5. The number of carboxylic acids is 1. The summed E-state index contributed by atoms with van der Waals surface area (Å²) < 4.78 is 10.2. The first kappa shape index (κ1) is 15.1. The molecule has 3 heterocycles. The minimum Gasteiger partial charge on any atom is -0.481 e. The average Bonchev–Trinajstić information content (AvgIpc) is 3.22. The Balaban J connectivity index is 1.82. The number of aromatic nitrogens is 1. The van der Waals surface area contributed by atoms with E-state index in [1.54, 1.807) is 24.4 Å². The Kier molecular flexibility index (Phi) is 4.01. The van der Waals surface area contributed by atoms with Gasteiger partial charge in [-0.15, -0.1) is 0 Å². The first-order chi connectivity index (χ1) is 11.1. The van der Waals surface area contributed by atoms with Gasteiger partial charge in [0.15, 0.2) is 5.76 Å². The van der Waals surface area contributed by atoms with E-state index >= 15 is 0 Å². The molecule has 23 heavy (non-hydrogen) atoms. The Morgan fingerprint density at radius 2 is 2.13 bits per heavy atom. The van der Waals surface area contributed by atoms with Crippen LogP contribution < -0.4 is 4.74 Å². The zero-order chi connectivity index (χ0) is 16.4. The van der Waals surface area contributed by atoms with Crippen molar-refractivity contribution in [2.45, 2.75) is 5.92 Å². The maximum absolute atomic E-state index is 12.5. The van der Waals surface area contributed by atoms with Crippen LogP contribution in [-0.2, 0) is 4.79 Å². The molecule has 1 fully saturated rings. The summed E-state index contributed by atoms with van der Waals surface area (Å²) >= 11 is 0. The molecule has 1 amide bonds. The van der Waals surface area contributed by atoms with Crippen molar-refractivity contribution < 1.29 is 23.8 Å². The van der Waals surface area contributed by atoms with Crippen LogP contribution >= 0.6 is 0 Å². The van der Waals surface area contributed by atoms with Crippen LogP contribution in [0.2, 0.25) is 0 Å². The van der Waals surface area contributed by atoms with Gasteiger partial charge in [-0.05, 0) is 18.2 Å². The minimum absolute atomic E-state index is 0.123. The summed E-state index contributed by atoms with van der Waals surface area (Å²) in [6, 6.07) is 8.43. The molecule has 0 aliphatic carbocycles. The van der Waals surface area contributed by atoms with E-state index in [2.05, 4.69) is 4.98 Å². The molecule has 120 valence electrons. The van der Waals surface area contributed by atoms with E-state index in [0.29, 0.717) is 5.69 Å². The highest BCUT2D eigenvalue weighted by Gasteiger charge is 2.41. The van der Waals surface area contributed by atoms with Gasteiger partial charge >= 0.3 is 5.97 Å². The highest BCUT2D eigenvalue weighted by Crippen LogP contribution is 2.33. The van der Waals surface area contributed by atoms with E-state index in [9.17, 15) is 14.7 Å². The van der Waals surface area contributed by atoms with Gasteiger partial charge in [0.25, 0.3) is 11.9 Å². The van der Waals surface area contributed by atoms with E-state index in [0.717, 1.165) is 0 Å². The third-order valence-electron chi connectivity index (χ3n) is 3.99. The van der Waals surface area contributed by atoms with Crippen molar-refractivity contribution in [1.82, 2.24) is 9.88 Å². The quantitative estimate of drug-likeness (QED) is 0.921. The first-order valence-electron chi connectivity index (χ1n) is 7.17. The Bertz CT molecular complexity index is 712. The number of likely N-dealkylation sites (tertiary alicyclic amines) is 1. The fourth-order valence-corrected chi connectivity index (χ4v) is 2.82. The fourth-order valence-electron chi connectivity index (χ4n) is 2.82. The van der Waals surface area contributed by atoms with Gasteiger partial charge < -0.3 is 19.2 Å². The van der Waals surface area contributed by atoms with Crippen LogP contribution in [0.3, 0.4) is 0 Å². The lowest BCUT2D eigenvalue weighted by atomic mass is 9.93. The van der Waals surface area contributed by atoms with Crippen LogP contribution in [0.15, 0.2) is 40.9 Å². The van der Waals surface area contributed by atoms with E-state index in [1.807, 2.05) is 6.07 Å². The Morgan fingerprint density at radius 3 is 2.74 bits per heavy atom. The maximum atomic E-state index is 12.5. The van der Waals surface area contributed by atoms with Crippen molar-refractivity contribution in [2.75, 3.05) is 20.2 Å². The first-order valence-corrected chi connectivity index (χ1v) is 7.17. The van der Waals surface area contributed by atoms with Gasteiger partial charge in [0.2, 0.25) is 0 Å². The summed E-state index contributed by atoms with van der Waals surface area (Å²) in [6.07, 6.45) is 1.62. The molecular formula is C16H16N2O5. The average molecular weight is 316 g/mol. The Morgan fingerprint density at radius 1 is 1.30 bits per heavy atom. The number of aliphatic carboxylic acids is 1. The minimum atomic E-state index is -0.937. The molecule has 0 bridgehead atoms. The van der Waals surface area contributed by atoms with Gasteiger partial charge in [-0.1, -0.05) is 6.07 Å². The molecule has 0 saturated carbocycles. The number of furan rings is 1. The molecule has 7 nitrogen and oxygen atoms in total. The van der Waals surface area contributed by atoms with Crippen molar-refractivity contribution in [3.8, 4) is 5.95 Å². The van der Waals surface area contributed by atoms with Gasteiger partial charge in [0.1, 0.15) is 0 Å². The van der Waals surface area contributed by atoms with Crippen molar-refractivity contribution in [2.24, 2.45) is 5.92 Å². The second-order valence-corrected chi connectivity index (χ2v) is 5.34. The van der Waals surface area contributed by atoms with Crippen LogP contribution in [-0.4, -0.2) is 47.1 Å².